The van der Waals surface area contributed by atoms with Crippen LogP contribution in [0.15, 0.2) is 35.5 Å². The molecular weight excluding hydrogens is 731 g/mol. The van der Waals surface area contributed by atoms with E-state index in [1.54, 1.807) is 0 Å². The van der Waals surface area contributed by atoms with Crippen molar-refractivity contribution < 1.29 is 44.8 Å². The number of esters is 1. The van der Waals surface area contributed by atoms with Gasteiger partial charge in [-0.05, 0) is 87.7 Å². The van der Waals surface area contributed by atoms with Crippen molar-refractivity contribution in [2.75, 3.05) is 40.5 Å². The summed E-state index contributed by atoms with van der Waals surface area (Å²) in [6, 6.07) is 0.259. The number of nitrogens with one attached hydrogen (secondary N) is 3. The molecule has 12 nitrogen and oxygen atoms in total. The molecule has 0 aromatic carbocycles. The number of carbonyl (C=O) groups is 3. The Morgan fingerprint density at radius 2 is 1.86 bits per heavy atom. The number of likely N-dealkylation sites (N-methyl/N-ethyl adjacent to an activating group) is 1. The number of fused-ring (bicyclic) bond motifs is 1. The van der Waals surface area contributed by atoms with Crippen molar-refractivity contribution in [3.63, 3.8) is 0 Å². The van der Waals surface area contributed by atoms with E-state index in [4.69, 9.17) is 15.2 Å². The molecule has 0 aromatic heterocycles. The van der Waals surface area contributed by atoms with Crippen molar-refractivity contribution in [2.24, 2.45) is 53.1 Å². The minimum atomic E-state index is -1.87. The Morgan fingerprint density at radius 3 is 2.66 bits per heavy atom. The fourth-order valence-electron chi connectivity index (χ4n) is 12.4. The molecule has 0 radical (unpaired) electrons. The first kappa shape index (κ1) is 43.2. The maximum atomic E-state index is 15.2. The van der Waals surface area contributed by atoms with Gasteiger partial charge in [0.1, 0.15) is 25.5 Å². The lowest BCUT2D eigenvalue weighted by molar-refractivity contribution is -0.717. The Kier molecular flexibility index (Phi) is 14.0. The third kappa shape index (κ3) is 8.65. The van der Waals surface area contributed by atoms with Crippen LogP contribution in [0, 0.1) is 47.3 Å². The molecule has 13 atom stereocenters. The van der Waals surface area contributed by atoms with E-state index in [2.05, 4.69) is 83.7 Å². The number of allylic oxidation sites excluding steroid dienone is 3. The van der Waals surface area contributed by atoms with Gasteiger partial charge in [0, 0.05) is 49.4 Å². The number of hydrogen-bond donors (Lipinski definition) is 7. The SMILES string of the molecule is CC[NH2+]C1C=C2C=CCC3CCCCC(C)CC4CCCC5C(=O)C6(CC=C(C)CC(NC(N)=[NH+]C)C7CC[NH2+]C(NC[NH2+]C)C7)OC6(C(=O)OCC1CC23)C(=O)C45. The standard InChI is InChI=1S/C46H73N7O5/c1-6-50-37-24-31-14-9-13-30-12-8-7-11-28(2)21-33-15-10-16-35-40(33)42(55)46(43(56)57-26-34(37)23-36(30)31)45(58-46,41(35)54)19-17-29(3)22-38(53-44(47)49-5)32-18-20-51-39(25-32)52-27-48-4/h9,14,17,24,28,30,32-40,48,50-52H,6-8,10-13,15-16,18-23,25-27H2,1-5H3,(H3,47,49,53)/p+4. The largest absolute Gasteiger partial charge is 0.463 e. The monoisotopic (exact) mass is 808 g/mol. The maximum Gasteiger partial charge on any atom is 0.350 e. The van der Waals surface area contributed by atoms with Gasteiger partial charge in [-0.1, -0.05) is 56.4 Å². The second kappa shape index (κ2) is 18.8. The van der Waals surface area contributed by atoms with Crippen molar-refractivity contribution in [2.45, 2.75) is 140 Å². The molecule has 4 aliphatic carbocycles. The molecule has 58 heavy (non-hydrogen) atoms. The quantitative estimate of drug-likeness (QED) is 0.0281. The van der Waals surface area contributed by atoms with Crippen LogP contribution in [-0.4, -0.2) is 93.4 Å². The molecule has 13 unspecified atom stereocenters. The molecular formula is C46H77N7O5+4. The molecule has 7 rings (SSSR count). The highest BCUT2D eigenvalue weighted by Gasteiger charge is 2.87. The summed E-state index contributed by atoms with van der Waals surface area (Å²) in [6.45, 7) is 9.62. The molecule has 2 saturated carbocycles. The molecule has 5 fully saturated rings. The number of guanidine groups is 1. The van der Waals surface area contributed by atoms with Crippen LogP contribution in [0.25, 0.3) is 0 Å². The average molecular weight is 808 g/mol. The third-order valence-corrected chi connectivity index (χ3v) is 15.5. The van der Waals surface area contributed by atoms with Crippen molar-refractivity contribution in [3.8, 4) is 0 Å². The Labute approximate surface area is 347 Å². The summed E-state index contributed by atoms with van der Waals surface area (Å²) in [5.41, 5.74) is 5.46. The van der Waals surface area contributed by atoms with Crippen LogP contribution in [0.3, 0.4) is 0 Å². The molecule has 4 bridgehead atoms. The number of ether oxygens (including phenoxy) is 2. The number of rotatable bonds is 11. The van der Waals surface area contributed by atoms with Crippen LogP contribution < -0.4 is 37.3 Å². The number of carbonyl (C=O) groups excluding carboxylic acids is 3. The van der Waals surface area contributed by atoms with E-state index in [0.29, 0.717) is 48.6 Å². The maximum absolute atomic E-state index is 15.2. The van der Waals surface area contributed by atoms with Crippen LogP contribution in [-0.2, 0) is 23.9 Å². The first-order chi connectivity index (χ1) is 28.0. The summed E-state index contributed by atoms with van der Waals surface area (Å²) >= 11 is 0. The zero-order valence-corrected chi connectivity index (χ0v) is 36.2. The number of piperidine rings is 1. The van der Waals surface area contributed by atoms with Crippen LogP contribution >= 0.6 is 0 Å². The third-order valence-electron chi connectivity index (χ3n) is 15.5. The first-order valence-corrected chi connectivity index (χ1v) is 23.3. The molecule has 1 spiro atoms. The van der Waals surface area contributed by atoms with Gasteiger partial charge in [0.25, 0.3) is 5.60 Å². The number of cyclic esters (lactones) is 1. The predicted molar refractivity (Wildman–Crippen MR) is 222 cm³/mol. The topological polar surface area (TPSA) is 187 Å². The molecule has 11 N–H and O–H groups in total. The fourth-order valence-corrected chi connectivity index (χ4v) is 12.4. The van der Waals surface area contributed by atoms with Crippen molar-refractivity contribution in [1.29, 1.82) is 0 Å². The Morgan fingerprint density at radius 1 is 1.05 bits per heavy atom. The zero-order chi connectivity index (χ0) is 41.0. The van der Waals surface area contributed by atoms with Gasteiger partial charge in [-0.3, -0.25) is 25.6 Å². The number of nitrogens with two attached hydrogens (primary N) is 4. The number of Topliss-reactive ketones (excluding diaryl/α,β-unsaturated/α-hetero) is 2. The lowest BCUT2D eigenvalue weighted by Gasteiger charge is -2.42. The Hall–Kier alpha value is -2.90. The summed E-state index contributed by atoms with van der Waals surface area (Å²) in [5.74, 6) is 0.817. The minimum Gasteiger partial charge on any atom is -0.463 e. The van der Waals surface area contributed by atoms with E-state index in [-0.39, 0.29) is 48.5 Å². The van der Waals surface area contributed by atoms with Crippen molar-refractivity contribution in [3.05, 3.63) is 35.5 Å². The van der Waals surface area contributed by atoms with Crippen molar-refractivity contribution >= 4 is 23.5 Å². The molecule has 0 amide bonds. The van der Waals surface area contributed by atoms with Gasteiger partial charge in [-0.15, -0.1) is 0 Å². The predicted octanol–water partition coefficient (Wildman–Crippen LogP) is -0.338. The Balaban J connectivity index is 1.17. The van der Waals surface area contributed by atoms with E-state index in [9.17, 15) is 9.59 Å². The molecule has 3 aliphatic heterocycles. The molecule has 3 saturated heterocycles. The lowest BCUT2D eigenvalue weighted by atomic mass is 9.56. The number of ketones is 2. The molecule has 7 aliphatic rings. The zero-order valence-electron chi connectivity index (χ0n) is 36.2. The molecule has 3 heterocycles. The lowest BCUT2D eigenvalue weighted by Crippen LogP contribution is -2.98. The number of quaternary nitrogens is 3. The van der Waals surface area contributed by atoms with Crippen LogP contribution in [0.1, 0.15) is 111 Å². The van der Waals surface area contributed by atoms with Gasteiger partial charge in [0.2, 0.25) is 0 Å². The molecule has 12 heteroatoms. The minimum absolute atomic E-state index is 0.0560. The highest BCUT2D eigenvalue weighted by molar-refractivity contribution is 6.23. The van der Waals surface area contributed by atoms with E-state index >= 15 is 4.79 Å². The summed E-state index contributed by atoms with van der Waals surface area (Å²) < 4.78 is 12.9. The smallest absolute Gasteiger partial charge is 0.350 e. The van der Waals surface area contributed by atoms with Crippen LogP contribution in [0.2, 0.25) is 0 Å². The van der Waals surface area contributed by atoms with Gasteiger partial charge in [-0.2, -0.15) is 0 Å². The van der Waals surface area contributed by atoms with E-state index in [0.717, 1.165) is 76.7 Å². The number of epoxide rings is 1. The average Bonchev–Trinajstić information content (AvgIpc) is 3.94. The van der Waals surface area contributed by atoms with E-state index in [1.807, 2.05) is 7.05 Å². The fraction of sp³-hybridized carbons (Fsp3) is 0.783. The van der Waals surface area contributed by atoms with Gasteiger partial charge >= 0.3 is 11.9 Å². The second-order valence-electron chi connectivity index (χ2n) is 19.4. The normalized spacial score (nSPS) is 40.2. The van der Waals surface area contributed by atoms with Gasteiger partial charge in [0.15, 0.2) is 17.2 Å². The van der Waals surface area contributed by atoms with Crippen LogP contribution in [0.4, 0.5) is 0 Å². The van der Waals surface area contributed by atoms with Gasteiger partial charge < -0.3 is 25.4 Å². The summed E-state index contributed by atoms with van der Waals surface area (Å²) in [5, 5.41) is 14.1. The highest BCUT2D eigenvalue weighted by atomic mass is 16.7. The van der Waals surface area contributed by atoms with E-state index < -0.39 is 29.0 Å². The van der Waals surface area contributed by atoms with E-state index in [1.165, 1.54) is 24.8 Å². The summed E-state index contributed by atoms with van der Waals surface area (Å²) in [4.78, 5) is 48.0. The van der Waals surface area contributed by atoms with Crippen molar-refractivity contribution in [1.82, 2.24) is 10.6 Å². The first-order valence-electron chi connectivity index (χ1n) is 23.3. The Bertz CT molecular complexity index is 1630. The second-order valence-corrected chi connectivity index (χ2v) is 19.4. The molecule has 322 valence electrons. The summed E-state index contributed by atoms with van der Waals surface area (Å²) in [6.07, 6.45) is 22.7. The van der Waals surface area contributed by atoms with Gasteiger partial charge in [-0.25, -0.2) is 10.1 Å². The van der Waals surface area contributed by atoms with Gasteiger partial charge in [0.05, 0.1) is 33.2 Å². The van der Waals surface area contributed by atoms with Crippen LogP contribution in [0.5, 0.6) is 0 Å². The highest BCUT2D eigenvalue weighted by Crippen LogP contribution is 2.63. The molecule has 0 aromatic rings. The number of hydrogen-bond acceptors (Lipinski definition) is 6. The summed E-state index contributed by atoms with van der Waals surface area (Å²) in [7, 11) is 3.89.